The summed E-state index contributed by atoms with van der Waals surface area (Å²) in [5, 5.41) is 11.4. The summed E-state index contributed by atoms with van der Waals surface area (Å²) >= 11 is 0. The topological polar surface area (TPSA) is 94.1 Å². The lowest BCUT2D eigenvalue weighted by molar-refractivity contribution is 0.542. The Balaban J connectivity index is 2.84. The third kappa shape index (κ3) is 3.38. The van der Waals surface area contributed by atoms with E-state index in [1.807, 2.05) is 19.1 Å². The number of aliphatic imine (C=N–C) groups is 1. The maximum absolute atomic E-state index is 8.28. The van der Waals surface area contributed by atoms with E-state index in [4.69, 9.17) is 15.5 Å². The number of azide groups is 1. The molecule has 0 amide bonds. The molecule has 0 unspecified atom stereocenters. The molecule has 0 aliphatic carbocycles. The van der Waals surface area contributed by atoms with Crippen molar-refractivity contribution in [2.75, 3.05) is 0 Å². The Bertz CT molecular complexity index is 450. The van der Waals surface area contributed by atoms with Crippen molar-refractivity contribution in [3.63, 3.8) is 0 Å². The van der Waals surface area contributed by atoms with Gasteiger partial charge in [0.15, 0.2) is 0 Å². The summed E-state index contributed by atoms with van der Waals surface area (Å²) in [5.74, 6) is 0.460. The van der Waals surface area contributed by atoms with Gasteiger partial charge >= 0.3 is 0 Å². The lowest BCUT2D eigenvalue weighted by Crippen LogP contribution is -2.03. The van der Waals surface area contributed by atoms with Crippen molar-refractivity contribution < 1.29 is 4.74 Å². The van der Waals surface area contributed by atoms with Crippen LogP contribution >= 0.6 is 0 Å². The summed E-state index contributed by atoms with van der Waals surface area (Å²) < 4.78 is 5.06. The molecule has 74 valence electrons. The average Bonchev–Trinajstić information content (AvgIpc) is 2.22. The van der Waals surface area contributed by atoms with E-state index in [1.54, 1.807) is 12.1 Å². The van der Waals surface area contributed by atoms with Crippen LogP contribution in [-0.4, -0.2) is 6.02 Å². The molecule has 0 fully saturated rings. The van der Waals surface area contributed by atoms with Gasteiger partial charge in [0.1, 0.15) is 5.75 Å². The highest BCUT2D eigenvalue weighted by Gasteiger charge is 1.99. The van der Waals surface area contributed by atoms with Crippen molar-refractivity contribution in [3.05, 3.63) is 40.3 Å². The van der Waals surface area contributed by atoms with E-state index >= 15 is 0 Å². The number of benzene rings is 1. The van der Waals surface area contributed by atoms with Crippen molar-refractivity contribution in [1.29, 1.82) is 5.26 Å². The van der Waals surface area contributed by atoms with Gasteiger partial charge < -0.3 is 4.74 Å². The van der Waals surface area contributed by atoms with E-state index in [1.165, 1.54) is 6.19 Å². The molecule has 1 aromatic rings. The van der Waals surface area contributed by atoms with E-state index in [9.17, 15) is 0 Å². The minimum Gasteiger partial charge on any atom is -0.437 e. The molecular weight excluding hydrogens is 194 g/mol. The lowest BCUT2D eigenvalue weighted by Gasteiger charge is -2.02. The van der Waals surface area contributed by atoms with Crippen LogP contribution < -0.4 is 4.74 Å². The van der Waals surface area contributed by atoms with E-state index in [-0.39, 0.29) is 6.02 Å². The van der Waals surface area contributed by atoms with E-state index in [0.717, 1.165) is 5.56 Å². The minimum absolute atomic E-state index is 0.316. The molecule has 6 heteroatoms. The molecule has 0 aliphatic heterocycles. The van der Waals surface area contributed by atoms with E-state index in [2.05, 4.69) is 15.0 Å². The molecule has 0 saturated carbocycles. The van der Waals surface area contributed by atoms with Gasteiger partial charge in [0, 0.05) is 4.91 Å². The fraction of sp³-hybridized carbons (Fsp3) is 0.111. The zero-order chi connectivity index (χ0) is 11.1. The zero-order valence-electron chi connectivity index (χ0n) is 7.95. The van der Waals surface area contributed by atoms with Crippen LogP contribution in [0, 0.1) is 18.4 Å². The van der Waals surface area contributed by atoms with Crippen LogP contribution in [0.5, 0.6) is 5.75 Å². The summed E-state index contributed by atoms with van der Waals surface area (Å²) in [5.41, 5.74) is 9.25. The third-order valence-electron chi connectivity index (χ3n) is 1.51. The van der Waals surface area contributed by atoms with Crippen LogP contribution in [0.2, 0.25) is 0 Å². The van der Waals surface area contributed by atoms with Gasteiger partial charge in [-0.2, -0.15) is 5.26 Å². The van der Waals surface area contributed by atoms with Crippen LogP contribution in [0.4, 0.5) is 0 Å². The van der Waals surface area contributed by atoms with Crippen LogP contribution in [-0.2, 0) is 0 Å². The van der Waals surface area contributed by atoms with Gasteiger partial charge in [-0.1, -0.05) is 17.7 Å². The highest BCUT2D eigenvalue weighted by Crippen LogP contribution is 2.12. The molecule has 0 N–H and O–H groups in total. The summed E-state index contributed by atoms with van der Waals surface area (Å²) in [6.07, 6.45) is 1.48. The summed E-state index contributed by atoms with van der Waals surface area (Å²) in [7, 11) is 0. The Morgan fingerprint density at radius 3 is 2.67 bits per heavy atom. The lowest BCUT2D eigenvalue weighted by atomic mass is 10.2. The number of nitriles is 1. The zero-order valence-corrected chi connectivity index (χ0v) is 7.95. The largest absolute Gasteiger partial charge is 0.437 e. The first-order chi connectivity index (χ1) is 7.26. The van der Waals surface area contributed by atoms with Gasteiger partial charge in [-0.3, -0.25) is 0 Å². The number of hydrogen-bond donors (Lipinski definition) is 0. The molecule has 0 heterocycles. The SMILES string of the molecule is Cc1ccc(OC(N=[N+]=[N-])=NC#N)cc1. The van der Waals surface area contributed by atoms with Crippen molar-refractivity contribution in [2.45, 2.75) is 6.92 Å². The van der Waals surface area contributed by atoms with Gasteiger partial charge in [-0.15, -0.1) is 4.99 Å². The predicted octanol–water partition coefficient (Wildman–Crippen LogP) is 2.52. The Kier molecular flexibility index (Phi) is 3.71. The standard InChI is InChI=1S/C9H7N5O/c1-7-2-4-8(5-3-7)15-9(12-6-10)13-14-11/h2-5H,1H3. The van der Waals surface area contributed by atoms with Gasteiger partial charge in [-0.25, -0.2) is 0 Å². The maximum Gasteiger partial charge on any atom is 0.294 e. The van der Waals surface area contributed by atoms with Crippen LogP contribution in [0.25, 0.3) is 10.4 Å². The van der Waals surface area contributed by atoms with Crippen molar-refractivity contribution in [3.8, 4) is 11.9 Å². The second-order valence-electron chi connectivity index (χ2n) is 2.60. The summed E-state index contributed by atoms with van der Waals surface area (Å²) in [6.45, 7) is 1.93. The van der Waals surface area contributed by atoms with E-state index < -0.39 is 0 Å². The molecule has 1 rings (SSSR count). The molecule has 0 atom stereocenters. The third-order valence-corrected chi connectivity index (χ3v) is 1.51. The normalized spacial score (nSPS) is 10.0. The smallest absolute Gasteiger partial charge is 0.294 e. The fourth-order valence-electron chi connectivity index (χ4n) is 0.858. The van der Waals surface area contributed by atoms with Gasteiger partial charge in [-0.05, 0) is 29.7 Å². The summed E-state index contributed by atoms with van der Waals surface area (Å²) in [4.78, 5) is 5.70. The Morgan fingerprint density at radius 2 is 2.13 bits per heavy atom. The van der Waals surface area contributed by atoms with Crippen molar-refractivity contribution in [1.82, 2.24) is 0 Å². The number of nitrogens with zero attached hydrogens (tertiary/aromatic N) is 5. The van der Waals surface area contributed by atoms with E-state index in [0.29, 0.717) is 5.75 Å². The highest BCUT2D eigenvalue weighted by atomic mass is 16.5. The van der Waals surface area contributed by atoms with Crippen LogP contribution in [0.15, 0.2) is 34.4 Å². The molecule has 0 spiro atoms. The molecule has 15 heavy (non-hydrogen) atoms. The second-order valence-corrected chi connectivity index (χ2v) is 2.60. The predicted molar refractivity (Wildman–Crippen MR) is 54.0 cm³/mol. The van der Waals surface area contributed by atoms with Gasteiger partial charge in [0.05, 0.1) is 0 Å². The number of amidine groups is 1. The monoisotopic (exact) mass is 201 g/mol. The minimum atomic E-state index is -0.316. The van der Waals surface area contributed by atoms with Gasteiger partial charge in [0.2, 0.25) is 6.19 Å². The molecule has 6 nitrogen and oxygen atoms in total. The van der Waals surface area contributed by atoms with Crippen molar-refractivity contribution >= 4 is 6.02 Å². The first-order valence-corrected chi connectivity index (χ1v) is 4.02. The number of ether oxygens (including phenoxy) is 1. The number of aryl methyl sites for hydroxylation is 1. The molecule has 0 saturated heterocycles. The van der Waals surface area contributed by atoms with Crippen LogP contribution in [0.1, 0.15) is 5.56 Å². The highest BCUT2D eigenvalue weighted by molar-refractivity contribution is 5.77. The Morgan fingerprint density at radius 1 is 1.47 bits per heavy atom. The molecule has 0 aliphatic rings. The molecular formula is C9H7N5O. The molecule has 1 aromatic carbocycles. The molecule has 0 radical (unpaired) electrons. The maximum atomic E-state index is 8.28. The molecule has 0 bridgehead atoms. The Labute approximate surface area is 86.1 Å². The fourth-order valence-corrected chi connectivity index (χ4v) is 0.858. The second kappa shape index (κ2) is 5.27. The average molecular weight is 201 g/mol. The number of rotatable bonds is 1. The first kappa shape index (κ1) is 10.6. The Hall–Kier alpha value is -2.51. The van der Waals surface area contributed by atoms with Gasteiger partial charge in [0.25, 0.3) is 6.02 Å². The molecule has 0 aromatic heterocycles. The first-order valence-electron chi connectivity index (χ1n) is 4.02. The van der Waals surface area contributed by atoms with Crippen LogP contribution in [0.3, 0.4) is 0 Å². The quantitative estimate of drug-likeness (QED) is 0.174. The number of hydrogen-bond acceptors (Lipinski definition) is 3. The van der Waals surface area contributed by atoms with Crippen molar-refractivity contribution in [2.24, 2.45) is 10.1 Å². The summed E-state index contributed by atoms with van der Waals surface area (Å²) in [6, 6.07) is 6.72.